The zero-order chi connectivity index (χ0) is 48.0. The van der Waals surface area contributed by atoms with E-state index in [1.807, 2.05) is 36.4 Å². The van der Waals surface area contributed by atoms with Crippen molar-refractivity contribution in [3.63, 3.8) is 0 Å². The molecule has 338 valence electrons. The van der Waals surface area contributed by atoms with Crippen LogP contribution < -0.4 is 31.8 Å². The highest BCUT2D eigenvalue weighted by molar-refractivity contribution is 7.93. The summed E-state index contributed by atoms with van der Waals surface area (Å²) in [5, 5.41) is 7.24. The van der Waals surface area contributed by atoms with Crippen LogP contribution in [-0.2, 0) is 0 Å². The summed E-state index contributed by atoms with van der Waals surface area (Å²) in [5.74, 6) is -1.35. The standard InChI is InChI=1S/C62H42F4N2P2/c1-69(51-29-17-45(63)18-30-51,52-31-19-46(64)20-32-52)49-25-13-41(14-26-49)57-39-59(43-9-5-3-6-10-43)67-61-55(57)37-38-56-58(40-60(68-62(56)61)44-11-7-4-8-12-44)42-15-27-50(28-16-42)70(2,53-33-21-47(65)22-34-53)54-35-23-48(66)24-36-54/h3-40H,1-2H2. The van der Waals surface area contributed by atoms with E-state index >= 15 is 0 Å². The highest BCUT2D eigenvalue weighted by Crippen LogP contribution is 2.45. The van der Waals surface area contributed by atoms with Crippen LogP contribution in [0.15, 0.2) is 231 Å². The molecule has 0 saturated carbocycles. The van der Waals surface area contributed by atoms with Crippen molar-refractivity contribution in [3.05, 3.63) is 254 Å². The van der Waals surface area contributed by atoms with Crippen molar-refractivity contribution >= 4 is 80.0 Å². The fourth-order valence-corrected chi connectivity index (χ4v) is 15.2. The molecule has 2 nitrogen and oxygen atoms in total. The van der Waals surface area contributed by atoms with Gasteiger partial charge in [-0.3, -0.25) is 0 Å². The van der Waals surface area contributed by atoms with E-state index in [0.29, 0.717) is 0 Å². The molecule has 0 fully saturated rings. The van der Waals surface area contributed by atoms with Crippen LogP contribution in [0.4, 0.5) is 17.6 Å². The Bertz CT molecular complexity index is 3450. The number of hydrogen-bond acceptors (Lipinski definition) is 2. The predicted octanol–water partition coefficient (Wildman–Crippen LogP) is 13.5. The molecule has 9 aromatic carbocycles. The first kappa shape index (κ1) is 44.6. The van der Waals surface area contributed by atoms with Crippen molar-refractivity contribution in [2.75, 3.05) is 0 Å². The number of nitrogens with zero attached hydrogens (tertiary/aromatic N) is 2. The quantitative estimate of drug-likeness (QED) is 0.0775. The van der Waals surface area contributed by atoms with Gasteiger partial charge in [-0.25, -0.2) is 27.5 Å². The van der Waals surface area contributed by atoms with Crippen LogP contribution in [0.3, 0.4) is 0 Å². The fourth-order valence-electron chi connectivity index (χ4n) is 9.43. The van der Waals surface area contributed by atoms with Crippen LogP contribution in [0.25, 0.3) is 66.6 Å². The van der Waals surface area contributed by atoms with Gasteiger partial charge in [-0.2, -0.15) is 0 Å². The average Bonchev–Trinajstić information content (AvgIpc) is 3.41. The Balaban J connectivity index is 1.10. The van der Waals surface area contributed by atoms with Crippen molar-refractivity contribution in [1.82, 2.24) is 9.97 Å². The van der Waals surface area contributed by atoms with E-state index in [-0.39, 0.29) is 23.3 Å². The second-order valence-electron chi connectivity index (χ2n) is 17.3. The molecule has 8 heteroatoms. The molecule has 0 unspecified atom stereocenters. The third-order valence-corrected chi connectivity index (χ3v) is 20.3. The smallest absolute Gasteiger partial charge is 0.123 e. The van der Waals surface area contributed by atoms with Gasteiger partial charge in [0.15, 0.2) is 0 Å². The van der Waals surface area contributed by atoms with Gasteiger partial charge in [0.05, 0.1) is 22.4 Å². The van der Waals surface area contributed by atoms with Gasteiger partial charge in [-0.15, -0.1) is 0 Å². The van der Waals surface area contributed by atoms with Crippen LogP contribution in [0.2, 0.25) is 0 Å². The third-order valence-electron chi connectivity index (χ3n) is 13.2. The molecule has 11 aromatic rings. The molecule has 0 aliphatic rings. The maximum absolute atomic E-state index is 14.3. The van der Waals surface area contributed by atoms with Crippen molar-refractivity contribution in [3.8, 4) is 44.8 Å². The number of aromatic nitrogens is 2. The molecule has 2 aromatic heterocycles. The minimum Gasteiger partial charge on any atom is -0.245 e. The third kappa shape index (κ3) is 8.09. The monoisotopic (exact) mass is 952 g/mol. The Morgan fingerprint density at radius 2 is 0.543 bits per heavy atom. The van der Waals surface area contributed by atoms with Gasteiger partial charge >= 0.3 is 0 Å². The molecule has 0 spiro atoms. The minimum absolute atomic E-state index is 0.338. The van der Waals surface area contributed by atoms with Gasteiger partial charge < -0.3 is 0 Å². The van der Waals surface area contributed by atoms with Crippen molar-refractivity contribution in [1.29, 1.82) is 0 Å². The molecule has 0 bridgehead atoms. The lowest BCUT2D eigenvalue weighted by molar-refractivity contribution is 0.628. The van der Waals surface area contributed by atoms with E-state index in [2.05, 4.69) is 97.1 Å². The summed E-state index contributed by atoms with van der Waals surface area (Å²) in [6.45, 7) is -5.14. The van der Waals surface area contributed by atoms with Crippen molar-refractivity contribution < 1.29 is 17.6 Å². The fraction of sp³-hybridized carbons (Fsp3) is 0. The maximum Gasteiger partial charge on any atom is 0.123 e. The van der Waals surface area contributed by atoms with Crippen molar-refractivity contribution in [2.24, 2.45) is 0 Å². The SMILES string of the molecule is C=P(c1ccc(F)cc1)(c1ccc(F)cc1)c1ccc(-c2cc(-c3ccccc3)nc3c2ccc2c(-c4ccc(P(=C)(c5ccc(F)cc5)c5ccc(F)cc5)cc4)cc(-c4ccccc4)nc23)cc1. The zero-order valence-corrected chi connectivity index (χ0v) is 39.4. The molecular formula is C62H42F4N2P2. The zero-order valence-electron chi connectivity index (χ0n) is 37.7. The van der Waals surface area contributed by atoms with E-state index in [9.17, 15) is 17.6 Å². The van der Waals surface area contributed by atoms with Crippen LogP contribution in [0.1, 0.15) is 0 Å². The number of rotatable bonds is 10. The van der Waals surface area contributed by atoms with Gasteiger partial charge in [0, 0.05) is 21.9 Å². The lowest BCUT2D eigenvalue weighted by Gasteiger charge is -2.27. The number of halogens is 4. The molecule has 0 atom stereocenters. The molecule has 0 amide bonds. The van der Waals surface area contributed by atoms with Crippen LogP contribution >= 0.6 is 13.8 Å². The average molecular weight is 953 g/mol. The summed E-state index contributed by atoms with van der Waals surface area (Å²) in [6.07, 6.45) is 9.64. The first-order chi connectivity index (χ1) is 34.1. The molecule has 11 rings (SSSR count). The van der Waals surface area contributed by atoms with Gasteiger partial charge in [0.1, 0.15) is 23.3 Å². The Labute approximate surface area is 404 Å². The summed E-state index contributed by atoms with van der Waals surface area (Å²) >= 11 is 0. The Kier molecular flexibility index (Phi) is 11.6. The molecule has 0 radical (unpaired) electrons. The second-order valence-corrected chi connectivity index (χ2v) is 23.7. The van der Waals surface area contributed by atoms with E-state index in [1.54, 1.807) is 48.5 Å². The topological polar surface area (TPSA) is 25.8 Å². The molecule has 0 saturated heterocycles. The van der Waals surface area contributed by atoms with E-state index in [0.717, 1.165) is 98.4 Å². The number of benzene rings is 9. The van der Waals surface area contributed by atoms with Crippen molar-refractivity contribution in [2.45, 2.75) is 0 Å². The minimum atomic E-state index is -2.57. The van der Waals surface area contributed by atoms with Gasteiger partial charge in [0.25, 0.3) is 0 Å². The Hall–Kier alpha value is -7.88. The number of pyridine rings is 2. The number of fused-ring (bicyclic) bond motifs is 3. The summed E-state index contributed by atoms with van der Waals surface area (Å²) in [7, 11) is 0. The van der Waals surface area contributed by atoms with Gasteiger partial charge in [0.2, 0.25) is 0 Å². The van der Waals surface area contributed by atoms with E-state index in [1.165, 1.54) is 48.5 Å². The largest absolute Gasteiger partial charge is 0.245 e. The Morgan fingerprint density at radius 3 is 0.814 bits per heavy atom. The van der Waals surface area contributed by atoms with E-state index < -0.39 is 13.8 Å². The maximum atomic E-state index is 14.3. The van der Waals surface area contributed by atoms with Gasteiger partial charge in [-0.05, 0) is 129 Å². The number of hydrogen-bond donors (Lipinski definition) is 0. The van der Waals surface area contributed by atoms with Crippen LogP contribution in [0, 0.1) is 23.3 Å². The van der Waals surface area contributed by atoms with Gasteiger partial charge in [-0.1, -0.05) is 182 Å². The van der Waals surface area contributed by atoms with Crippen LogP contribution in [-0.4, -0.2) is 22.6 Å². The highest BCUT2D eigenvalue weighted by Gasteiger charge is 2.26. The second kappa shape index (κ2) is 18.2. The normalized spacial score (nSPS) is 11.8. The lowest BCUT2D eigenvalue weighted by atomic mass is 9.94. The predicted molar refractivity (Wildman–Crippen MR) is 290 cm³/mol. The highest BCUT2D eigenvalue weighted by atomic mass is 31.2. The summed E-state index contributed by atoms with van der Waals surface area (Å²) < 4.78 is 57.1. The molecule has 70 heavy (non-hydrogen) atoms. The summed E-state index contributed by atoms with van der Waals surface area (Å²) in [4.78, 5) is 10.8. The lowest BCUT2D eigenvalue weighted by Crippen LogP contribution is -2.25. The van der Waals surface area contributed by atoms with Crippen LogP contribution in [0.5, 0.6) is 0 Å². The molecular weight excluding hydrogens is 911 g/mol. The summed E-state index contributed by atoms with van der Waals surface area (Å²) in [6, 6.07) is 71.2. The molecule has 2 heterocycles. The Morgan fingerprint density at radius 1 is 0.286 bits per heavy atom. The van der Waals surface area contributed by atoms with E-state index in [4.69, 9.17) is 22.6 Å². The molecule has 0 aliphatic heterocycles. The first-order valence-corrected chi connectivity index (χ1v) is 26.6. The molecule has 0 aliphatic carbocycles. The first-order valence-electron chi connectivity index (χ1n) is 22.7. The summed E-state index contributed by atoms with van der Waals surface area (Å²) in [5.41, 5.74) is 8.77. The molecule has 0 N–H and O–H groups in total.